The lowest BCUT2D eigenvalue weighted by Crippen LogP contribution is -2.57. The fourth-order valence-electron chi connectivity index (χ4n) is 3.19. The molecule has 1 aliphatic heterocycles. The molecule has 0 aromatic heterocycles. The van der Waals surface area contributed by atoms with Crippen LogP contribution in [0, 0.1) is 11.8 Å². The molecule has 12 heteroatoms. The second-order valence-electron chi connectivity index (χ2n) is 8.71. The summed E-state index contributed by atoms with van der Waals surface area (Å²) in [6.45, 7) is 8.48. The molecule has 10 nitrogen and oxygen atoms in total. The highest BCUT2D eigenvalue weighted by Gasteiger charge is 2.33. The maximum atomic E-state index is 13.0. The lowest BCUT2D eigenvalue weighted by atomic mass is 10.0. The fraction of sp³-hybridized carbons (Fsp3) is 0.609. The Morgan fingerprint density at radius 3 is 2.09 bits per heavy atom. The number of carbonyl (C=O) groups is 5. The van der Waals surface area contributed by atoms with Crippen molar-refractivity contribution in [2.45, 2.75) is 65.3 Å². The lowest BCUT2D eigenvalue weighted by molar-refractivity contribution is -0.153. The number of hydrogen-bond donors (Lipinski definition) is 6. The van der Waals surface area contributed by atoms with Gasteiger partial charge in [0, 0.05) is 11.5 Å². The summed E-state index contributed by atoms with van der Waals surface area (Å²) in [5.74, 6) is -3.57. The van der Waals surface area contributed by atoms with E-state index in [9.17, 15) is 24.0 Å². The van der Waals surface area contributed by atoms with Gasteiger partial charge in [0.25, 0.3) is 5.91 Å². The predicted octanol–water partition coefficient (Wildman–Crippen LogP) is 0.504. The van der Waals surface area contributed by atoms with Crippen LogP contribution in [0.2, 0.25) is 0 Å². The molecule has 0 saturated carbocycles. The highest BCUT2D eigenvalue weighted by Crippen LogP contribution is 2.12. The summed E-state index contributed by atoms with van der Waals surface area (Å²) in [6, 6.07) is -3.07. The molecule has 0 bridgehead atoms. The number of hydrogen-bond acceptors (Lipinski definition) is 8. The van der Waals surface area contributed by atoms with Gasteiger partial charge in [0.05, 0.1) is 6.42 Å². The van der Waals surface area contributed by atoms with Crippen LogP contribution in [0.15, 0.2) is 23.9 Å². The zero-order chi connectivity index (χ0) is 26.7. The molecule has 4 amide bonds. The Morgan fingerprint density at radius 1 is 0.943 bits per heavy atom. The van der Waals surface area contributed by atoms with Gasteiger partial charge in [-0.25, -0.2) is 4.79 Å². The van der Waals surface area contributed by atoms with Crippen molar-refractivity contribution >= 4 is 54.9 Å². The highest BCUT2D eigenvalue weighted by atomic mass is 32.1. The van der Waals surface area contributed by atoms with E-state index in [0.717, 1.165) is 0 Å². The average Bonchev–Trinajstić information content (AvgIpc) is 2.79. The Bertz CT molecular complexity index is 859. The normalized spacial score (nSPS) is 27.0. The van der Waals surface area contributed by atoms with Gasteiger partial charge in [0.15, 0.2) is 0 Å². The number of cyclic esters (lactones) is 1. The molecule has 0 aromatic rings. The number of amides is 4. The van der Waals surface area contributed by atoms with Gasteiger partial charge in [-0.15, -0.1) is 0 Å². The topological polar surface area (TPSA) is 143 Å². The third-order valence-electron chi connectivity index (χ3n) is 5.19. The van der Waals surface area contributed by atoms with Crippen LogP contribution in [-0.2, 0) is 28.7 Å². The molecule has 35 heavy (non-hydrogen) atoms. The monoisotopic (exact) mass is 528 g/mol. The number of thiol groups is 2. The second kappa shape index (κ2) is 14.8. The van der Waals surface area contributed by atoms with E-state index in [4.69, 9.17) is 4.74 Å². The summed E-state index contributed by atoms with van der Waals surface area (Å²) in [6.07, 6.45) is 3.36. The summed E-state index contributed by atoms with van der Waals surface area (Å²) in [5.41, 5.74) is -0.0955. The molecule has 1 heterocycles. The molecule has 4 atom stereocenters. The summed E-state index contributed by atoms with van der Waals surface area (Å²) in [7, 11) is 0. The van der Waals surface area contributed by atoms with E-state index < -0.39 is 53.8 Å². The predicted molar refractivity (Wildman–Crippen MR) is 139 cm³/mol. The van der Waals surface area contributed by atoms with E-state index in [1.807, 2.05) is 0 Å². The van der Waals surface area contributed by atoms with Crippen molar-refractivity contribution in [3.63, 3.8) is 0 Å². The zero-order valence-electron chi connectivity index (χ0n) is 20.7. The fourth-order valence-corrected chi connectivity index (χ4v) is 3.57. The summed E-state index contributed by atoms with van der Waals surface area (Å²) >= 11 is 8.25. The van der Waals surface area contributed by atoms with Crippen molar-refractivity contribution in [3.05, 3.63) is 23.9 Å². The molecule has 0 aliphatic carbocycles. The number of rotatable bonds is 5. The highest BCUT2D eigenvalue weighted by molar-refractivity contribution is 7.80. The number of esters is 1. The zero-order valence-corrected chi connectivity index (χ0v) is 22.5. The summed E-state index contributed by atoms with van der Waals surface area (Å²) in [5, 5.41) is 10.3. The molecule has 1 aliphatic rings. The molecule has 0 unspecified atom stereocenters. The third-order valence-corrected chi connectivity index (χ3v) is 5.77. The first-order chi connectivity index (χ1) is 16.4. The van der Waals surface area contributed by atoms with Gasteiger partial charge < -0.3 is 26.0 Å². The largest absolute Gasteiger partial charge is 0.456 e. The van der Waals surface area contributed by atoms with Gasteiger partial charge in [-0.1, -0.05) is 39.8 Å². The van der Waals surface area contributed by atoms with E-state index in [1.165, 1.54) is 12.2 Å². The van der Waals surface area contributed by atoms with Crippen LogP contribution in [0.5, 0.6) is 0 Å². The van der Waals surface area contributed by atoms with Gasteiger partial charge in [-0.05, 0) is 24.8 Å². The van der Waals surface area contributed by atoms with Crippen LogP contribution < -0.4 is 21.3 Å². The number of nitrogens with one attached hydrogen (secondary N) is 4. The maximum absolute atomic E-state index is 13.0. The molecular weight excluding hydrogens is 492 g/mol. The van der Waals surface area contributed by atoms with E-state index in [2.05, 4.69) is 46.5 Å². The van der Waals surface area contributed by atoms with Crippen molar-refractivity contribution < 1.29 is 28.7 Å². The minimum Gasteiger partial charge on any atom is -0.456 e. The van der Waals surface area contributed by atoms with Crippen LogP contribution in [0.25, 0.3) is 0 Å². The number of ether oxygens (including phenoxy) is 1. The second-order valence-corrected chi connectivity index (χ2v) is 9.44. The van der Waals surface area contributed by atoms with Gasteiger partial charge >= 0.3 is 5.97 Å². The molecule has 1 fully saturated rings. The van der Waals surface area contributed by atoms with E-state index in [0.29, 0.717) is 5.75 Å². The molecule has 0 aromatic carbocycles. The van der Waals surface area contributed by atoms with Crippen molar-refractivity contribution in [3.8, 4) is 0 Å². The van der Waals surface area contributed by atoms with E-state index in [1.54, 1.807) is 40.7 Å². The first-order valence-corrected chi connectivity index (χ1v) is 12.7. The maximum Gasteiger partial charge on any atom is 0.329 e. The molecule has 1 saturated heterocycles. The van der Waals surface area contributed by atoms with Crippen LogP contribution in [0.4, 0.5) is 0 Å². The Balaban J connectivity index is 3.43. The average molecular weight is 529 g/mol. The first-order valence-electron chi connectivity index (χ1n) is 11.4. The van der Waals surface area contributed by atoms with Crippen LogP contribution >= 0.6 is 25.3 Å². The van der Waals surface area contributed by atoms with Gasteiger partial charge in [-0.3, -0.25) is 19.2 Å². The quantitative estimate of drug-likeness (QED) is 0.133. The third kappa shape index (κ3) is 9.60. The molecule has 1 rings (SSSR count). The molecule has 196 valence electrons. The Hall–Kier alpha value is -2.47. The smallest absolute Gasteiger partial charge is 0.329 e. The van der Waals surface area contributed by atoms with Gasteiger partial charge in [-0.2, -0.15) is 25.3 Å². The Morgan fingerprint density at radius 2 is 1.57 bits per heavy atom. The van der Waals surface area contributed by atoms with Gasteiger partial charge in [0.2, 0.25) is 17.7 Å². The van der Waals surface area contributed by atoms with Crippen LogP contribution in [0.3, 0.4) is 0 Å². The Kier molecular flexibility index (Phi) is 12.9. The molecule has 0 radical (unpaired) electrons. The van der Waals surface area contributed by atoms with Crippen molar-refractivity contribution in [2.75, 3.05) is 11.5 Å². The number of carbonyl (C=O) groups excluding carboxylic acids is 5. The van der Waals surface area contributed by atoms with Crippen molar-refractivity contribution in [1.82, 2.24) is 21.3 Å². The Labute approximate surface area is 217 Å². The lowest BCUT2D eigenvalue weighted by Gasteiger charge is -2.27. The van der Waals surface area contributed by atoms with Crippen LogP contribution in [0.1, 0.15) is 41.0 Å². The van der Waals surface area contributed by atoms with E-state index in [-0.39, 0.29) is 29.7 Å². The number of allylic oxidation sites excluding steroid dienone is 1. The molecule has 0 spiro atoms. The molecule has 4 N–H and O–H groups in total. The standard InChI is InChI=1S/C23H36N4O6S2/c1-6-15-20(29)27-19(13(4)5)23(32)33-14(8-7-9-34)10-17(28)26-18(12(2)3)22(31)25-16(11-35)21(30)24-15/h6-8,12-14,16,18-19,34-35H,9-11H2,1-5H3,(H,24,30)(H,25,31)(H,26,28)(H,27,29)/b8-7+,15-6-/t14-,16+,18-,19+/m1/s1. The van der Waals surface area contributed by atoms with Crippen molar-refractivity contribution in [2.24, 2.45) is 11.8 Å². The minimum absolute atomic E-state index is 0.0491. The summed E-state index contributed by atoms with van der Waals surface area (Å²) < 4.78 is 5.54. The summed E-state index contributed by atoms with van der Waals surface area (Å²) in [4.78, 5) is 64.3. The minimum atomic E-state index is -1.07. The SMILES string of the molecule is C/C=C1\NC(=O)[C@H](CS)NC(=O)[C@@H](C(C)C)NC(=O)C[C@@H](/C=C/CS)OC(=O)[C@H](C(C)C)NC1=O. The van der Waals surface area contributed by atoms with E-state index >= 15 is 0 Å². The van der Waals surface area contributed by atoms with Crippen LogP contribution in [-0.4, -0.2) is 65.3 Å². The van der Waals surface area contributed by atoms with Crippen molar-refractivity contribution in [1.29, 1.82) is 0 Å². The van der Waals surface area contributed by atoms with Gasteiger partial charge in [0.1, 0.15) is 29.9 Å². The first kappa shape index (κ1) is 30.6. The molecular formula is C23H36N4O6S2.